The molecule has 1 aromatic carbocycles. The van der Waals surface area contributed by atoms with Crippen molar-refractivity contribution in [2.45, 2.75) is 45.3 Å². The van der Waals surface area contributed by atoms with Crippen molar-refractivity contribution in [2.75, 3.05) is 7.11 Å². The number of fused-ring (bicyclic) bond motifs is 3. The van der Waals surface area contributed by atoms with E-state index in [1.807, 2.05) is 0 Å². The summed E-state index contributed by atoms with van der Waals surface area (Å²) in [6, 6.07) is 0. The van der Waals surface area contributed by atoms with Gasteiger partial charge < -0.3 is 24.8 Å². The number of hydrogen-bond acceptors (Lipinski definition) is 8. The van der Waals surface area contributed by atoms with E-state index in [9.17, 15) is 29.7 Å². The first kappa shape index (κ1) is 18.9. The molecule has 8 heteroatoms. The van der Waals surface area contributed by atoms with Crippen molar-refractivity contribution >= 4 is 17.3 Å². The van der Waals surface area contributed by atoms with E-state index < -0.39 is 57.8 Å². The molecule has 1 aliphatic carbocycles. The second-order valence-electron chi connectivity index (χ2n) is 7.02. The van der Waals surface area contributed by atoms with E-state index in [0.717, 1.165) is 6.92 Å². The fraction of sp³-hybridized carbons (Fsp3) is 0.421. The van der Waals surface area contributed by atoms with Crippen LogP contribution < -0.4 is 4.74 Å². The minimum absolute atomic E-state index is 0.00440. The predicted molar refractivity (Wildman–Crippen MR) is 92.2 cm³/mol. The molecule has 0 radical (unpaired) electrons. The highest BCUT2D eigenvalue weighted by molar-refractivity contribution is 6.21. The van der Waals surface area contributed by atoms with Gasteiger partial charge in [0.25, 0.3) is 0 Å². The molecule has 3 N–H and O–H groups in total. The maximum atomic E-state index is 12.5. The maximum Gasteiger partial charge on any atom is 0.234 e. The van der Waals surface area contributed by atoms with Gasteiger partial charge in [-0.1, -0.05) is 0 Å². The largest absolute Gasteiger partial charge is 0.510 e. The summed E-state index contributed by atoms with van der Waals surface area (Å²) in [6.45, 7) is 5.20. The van der Waals surface area contributed by atoms with Gasteiger partial charge in [0.05, 0.1) is 17.6 Å². The average molecular weight is 376 g/mol. The second-order valence-corrected chi connectivity index (χ2v) is 7.02. The van der Waals surface area contributed by atoms with Crippen molar-refractivity contribution in [3.63, 3.8) is 0 Å². The highest BCUT2D eigenvalue weighted by atomic mass is 16.7. The summed E-state index contributed by atoms with van der Waals surface area (Å²) in [5.74, 6) is -5.33. The third-order valence-corrected chi connectivity index (χ3v) is 5.58. The number of benzene rings is 1. The van der Waals surface area contributed by atoms with E-state index in [1.54, 1.807) is 0 Å². The number of hydrogen-bond donors (Lipinski definition) is 3. The molecule has 3 rings (SSSR count). The number of carbonyl (C=O) groups is 3. The summed E-state index contributed by atoms with van der Waals surface area (Å²) in [7, 11) is 1.25. The zero-order chi connectivity index (χ0) is 20.5. The highest BCUT2D eigenvalue weighted by Gasteiger charge is 2.67. The summed E-state index contributed by atoms with van der Waals surface area (Å²) >= 11 is 0. The molecule has 1 aromatic rings. The van der Waals surface area contributed by atoms with Gasteiger partial charge >= 0.3 is 0 Å². The lowest BCUT2D eigenvalue weighted by Crippen LogP contribution is -2.57. The number of carbonyl (C=O) groups excluding carboxylic acids is 3. The summed E-state index contributed by atoms with van der Waals surface area (Å²) in [4.78, 5) is 36.6. The molecular weight excluding hydrogens is 356 g/mol. The van der Waals surface area contributed by atoms with E-state index in [0.29, 0.717) is 0 Å². The van der Waals surface area contributed by atoms with Crippen LogP contribution in [0.15, 0.2) is 11.3 Å². The molecule has 0 saturated carbocycles. The number of aliphatic hydroxyl groups excluding tert-OH is 1. The molecular formula is C19H20O8. The molecule has 27 heavy (non-hydrogen) atoms. The SMILES string of the molecule is COC12CC(=O)C(C(C)=O)=C(O)C1(C)c1c(O)c(C)c(O)c(C(C)=O)c1O2. The molecule has 0 fully saturated rings. The molecule has 1 aliphatic heterocycles. The second kappa shape index (κ2) is 5.56. The number of Topliss-reactive ketones (excluding diaryl/α,β-unsaturated/α-hetero) is 3. The Bertz CT molecular complexity index is 957. The summed E-state index contributed by atoms with van der Waals surface area (Å²) < 4.78 is 11.3. The van der Waals surface area contributed by atoms with Gasteiger partial charge in [0.15, 0.2) is 17.3 Å². The third-order valence-electron chi connectivity index (χ3n) is 5.58. The Kier molecular flexibility index (Phi) is 3.89. The normalized spacial score (nSPS) is 26.5. The van der Waals surface area contributed by atoms with Crippen LogP contribution in [0.3, 0.4) is 0 Å². The Labute approximate surface area is 155 Å². The topological polar surface area (TPSA) is 130 Å². The van der Waals surface area contributed by atoms with E-state index >= 15 is 0 Å². The lowest BCUT2D eigenvalue weighted by Gasteiger charge is -2.43. The van der Waals surface area contributed by atoms with Crippen LogP contribution in [0.2, 0.25) is 0 Å². The number of rotatable bonds is 3. The van der Waals surface area contributed by atoms with E-state index in [2.05, 4.69) is 0 Å². The van der Waals surface area contributed by atoms with Gasteiger partial charge in [-0.15, -0.1) is 0 Å². The quantitative estimate of drug-likeness (QED) is 0.539. The summed E-state index contributed by atoms with van der Waals surface area (Å²) in [5, 5.41) is 32.0. The van der Waals surface area contributed by atoms with Crippen molar-refractivity contribution in [2.24, 2.45) is 0 Å². The standard InChI is InChI=1S/C19H20O8/c1-7-14(23)12(9(3)21)16-13(15(7)24)18(4)17(25)11(8(2)20)10(22)6-19(18,26-5)27-16/h23-25H,6H2,1-5H3. The van der Waals surface area contributed by atoms with Crippen LogP contribution in [0.1, 0.15) is 48.7 Å². The van der Waals surface area contributed by atoms with Crippen molar-refractivity contribution in [1.29, 1.82) is 0 Å². The maximum absolute atomic E-state index is 12.5. The minimum atomic E-state index is -1.79. The predicted octanol–water partition coefficient (Wildman–Crippen LogP) is 1.98. The van der Waals surface area contributed by atoms with Crippen molar-refractivity contribution < 1.29 is 39.2 Å². The molecule has 144 valence electrons. The Morgan fingerprint density at radius 1 is 1.11 bits per heavy atom. The Balaban J connectivity index is 2.52. The molecule has 1 heterocycles. The Hall–Kier alpha value is -2.87. The van der Waals surface area contributed by atoms with Crippen LogP contribution in [0, 0.1) is 6.92 Å². The van der Waals surface area contributed by atoms with Crippen LogP contribution in [0.25, 0.3) is 0 Å². The molecule has 0 bridgehead atoms. The third kappa shape index (κ3) is 2.04. The Morgan fingerprint density at radius 2 is 1.70 bits per heavy atom. The zero-order valence-corrected chi connectivity index (χ0v) is 15.6. The number of phenols is 2. The molecule has 2 aliphatic rings. The monoisotopic (exact) mass is 376 g/mol. The number of allylic oxidation sites excluding steroid dienone is 1. The number of ketones is 3. The summed E-state index contributed by atoms with van der Waals surface area (Å²) in [6.07, 6.45) is -0.426. The molecule has 8 nitrogen and oxygen atoms in total. The first-order valence-corrected chi connectivity index (χ1v) is 8.26. The van der Waals surface area contributed by atoms with Crippen LogP contribution in [0.5, 0.6) is 17.2 Å². The van der Waals surface area contributed by atoms with E-state index in [-0.39, 0.29) is 22.4 Å². The molecule has 0 amide bonds. The average Bonchev–Trinajstić information content (AvgIpc) is 2.82. The fourth-order valence-electron chi connectivity index (χ4n) is 4.05. The van der Waals surface area contributed by atoms with Gasteiger partial charge in [-0.2, -0.15) is 0 Å². The van der Waals surface area contributed by atoms with Crippen LogP contribution in [-0.2, 0) is 19.7 Å². The Morgan fingerprint density at radius 3 is 2.19 bits per heavy atom. The van der Waals surface area contributed by atoms with Gasteiger partial charge in [-0.3, -0.25) is 14.4 Å². The van der Waals surface area contributed by atoms with Crippen molar-refractivity contribution in [1.82, 2.24) is 0 Å². The van der Waals surface area contributed by atoms with Gasteiger partial charge in [0.2, 0.25) is 5.79 Å². The lowest BCUT2D eigenvalue weighted by molar-refractivity contribution is -0.199. The van der Waals surface area contributed by atoms with Gasteiger partial charge in [-0.05, 0) is 27.7 Å². The first-order chi connectivity index (χ1) is 12.4. The van der Waals surface area contributed by atoms with Crippen LogP contribution in [-0.4, -0.2) is 45.6 Å². The molecule has 0 aromatic heterocycles. The van der Waals surface area contributed by atoms with E-state index in [4.69, 9.17) is 9.47 Å². The molecule has 0 saturated heterocycles. The molecule has 2 unspecified atom stereocenters. The van der Waals surface area contributed by atoms with Crippen LogP contribution >= 0.6 is 0 Å². The van der Waals surface area contributed by atoms with E-state index in [1.165, 1.54) is 27.9 Å². The summed E-state index contributed by atoms with van der Waals surface area (Å²) in [5.41, 5.74) is -2.27. The van der Waals surface area contributed by atoms with Gasteiger partial charge in [0, 0.05) is 12.7 Å². The molecule has 0 spiro atoms. The number of ether oxygens (including phenoxy) is 2. The highest BCUT2D eigenvalue weighted by Crippen LogP contribution is 2.62. The zero-order valence-electron chi connectivity index (χ0n) is 15.6. The number of phenolic OH excluding ortho intramolecular Hbond substituents is 2. The minimum Gasteiger partial charge on any atom is -0.510 e. The van der Waals surface area contributed by atoms with Gasteiger partial charge in [-0.25, -0.2) is 0 Å². The lowest BCUT2D eigenvalue weighted by atomic mass is 9.66. The van der Waals surface area contributed by atoms with Gasteiger partial charge in [0.1, 0.15) is 34.0 Å². The van der Waals surface area contributed by atoms with Crippen molar-refractivity contribution in [3.8, 4) is 17.2 Å². The smallest absolute Gasteiger partial charge is 0.234 e. The fourth-order valence-corrected chi connectivity index (χ4v) is 4.05. The number of aromatic hydroxyl groups is 2. The van der Waals surface area contributed by atoms with Crippen molar-refractivity contribution in [3.05, 3.63) is 28.0 Å². The molecule has 2 atom stereocenters. The number of methoxy groups -OCH3 is 1. The number of aliphatic hydroxyl groups is 1. The van der Waals surface area contributed by atoms with Crippen LogP contribution in [0.4, 0.5) is 0 Å². The first-order valence-electron chi connectivity index (χ1n) is 8.26.